The number of pyridine rings is 2. The molecule has 0 atom stereocenters. The Hall–Kier alpha value is -3.28. The highest BCUT2D eigenvalue weighted by Gasteiger charge is 2.29. The van der Waals surface area contributed by atoms with Crippen LogP contribution in [0.1, 0.15) is 26.3 Å². The maximum absolute atomic E-state index is 12.7. The summed E-state index contributed by atoms with van der Waals surface area (Å²) in [6.07, 6.45) is -0.369. The second-order valence-electron chi connectivity index (χ2n) is 7.88. The van der Waals surface area contributed by atoms with Gasteiger partial charge >= 0.3 is 6.09 Å². The Balaban J connectivity index is 1.98. The maximum Gasteiger partial charge on any atom is 0.410 e. The van der Waals surface area contributed by atoms with Crippen LogP contribution in [0.15, 0.2) is 16.9 Å². The summed E-state index contributed by atoms with van der Waals surface area (Å²) in [5.41, 5.74) is 0.703. The molecule has 2 aromatic rings. The highest BCUT2D eigenvalue weighted by atomic mass is 16.6. The fourth-order valence-electron chi connectivity index (χ4n) is 3.34. The molecule has 0 radical (unpaired) electrons. The number of amides is 1. The lowest BCUT2D eigenvalue weighted by atomic mass is 10.1. The summed E-state index contributed by atoms with van der Waals surface area (Å²) in [6, 6.07) is 5.47. The van der Waals surface area contributed by atoms with E-state index in [1.807, 2.05) is 31.7 Å². The predicted octanol–water partition coefficient (Wildman–Crippen LogP) is 1.87. The Morgan fingerprint density at radius 2 is 1.86 bits per heavy atom. The van der Waals surface area contributed by atoms with Crippen molar-refractivity contribution in [3.8, 4) is 11.9 Å². The molecule has 1 aliphatic rings. The van der Waals surface area contributed by atoms with Crippen LogP contribution in [0.3, 0.4) is 0 Å². The third-order valence-corrected chi connectivity index (χ3v) is 4.76. The summed E-state index contributed by atoms with van der Waals surface area (Å²) in [5, 5.41) is 9.67. The van der Waals surface area contributed by atoms with Crippen LogP contribution in [-0.4, -0.2) is 59.4 Å². The van der Waals surface area contributed by atoms with Crippen molar-refractivity contribution in [2.24, 2.45) is 7.05 Å². The van der Waals surface area contributed by atoms with Gasteiger partial charge in [-0.1, -0.05) is 0 Å². The van der Waals surface area contributed by atoms with E-state index in [4.69, 9.17) is 9.47 Å². The summed E-state index contributed by atoms with van der Waals surface area (Å²) >= 11 is 0. The van der Waals surface area contributed by atoms with Crippen LogP contribution in [0.4, 0.5) is 10.5 Å². The number of carbonyl (C=O) groups excluding carboxylic acids is 1. The highest BCUT2D eigenvalue weighted by Crippen LogP contribution is 2.29. The molecule has 1 amide bonds. The molecule has 9 nitrogen and oxygen atoms in total. The molecular formula is C20H25N5O4. The molecule has 3 heterocycles. The number of hydrogen-bond donors (Lipinski definition) is 0. The topological polar surface area (TPSA) is 101 Å². The second kappa shape index (κ2) is 7.62. The number of methoxy groups -OCH3 is 1. The zero-order valence-electron chi connectivity index (χ0n) is 17.4. The number of nitrogens with zero attached hydrogens (tertiary/aromatic N) is 5. The lowest BCUT2D eigenvalue weighted by Crippen LogP contribution is -2.50. The Labute approximate surface area is 169 Å². The van der Waals surface area contributed by atoms with Gasteiger partial charge in [-0.15, -0.1) is 0 Å². The van der Waals surface area contributed by atoms with Crippen molar-refractivity contribution in [1.29, 1.82) is 5.26 Å². The number of aryl methyl sites for hydroxylation is 1. The van der Waals surface area contributed by atoms with Crippen molar-refractivity contribution in [3.05, 3.63) is 28.0 Å². The first kappa shape index (κ1) is 20.5. The Kier molecular flexibility index (Phi) is 5.38. The molecule has 2 aromatic heterocycles. The zero-order valence-corrected chi connectivity index (χ0v) is 17.4. The van der Waals surface area contributed by atoms with Crippen molar-refractivity contribution in [3.63, 3.8) is 0 Å². The average Bonchev–Trinajstić information content (AvgIpc) is 2.68. The number of piperazine rings is 1. The molecule has 0 saturated carbocycles. The molecule has 9 heteroatoms. The summed E-state index contributed by atoms with van der Waals surface area (Å²) < 4.78 is 12.1. The first-order valence-electron chi connectivity index (χ1n) is 9.37. The molecule has 0 unspecified atom stereocenters. The number of rotatable bonds is 2. The lowest BCUT2D eigenvalue weighted by molar-refractivity contribution is 0.0240. The van der Waals surface area contributed by atoms with E-state index in [0.717, 1.165) is 0 Å². The van der Waals surface area contributed by atoms with Crippen LogP contribution in [0.25, 0.3) is 11.0 Å². The monoisotopic (exact) mass is 399 g/mol. The first-order valence-corrected chi connectivity index (χ1v) is 9.37. The van der Waals surface area contributed by atoms with E-state index in [-0.39, 0.29) is 17.2 Å². The molecule has 1 aliphatic heterocycles. The van der Waals surface area contributed by atoms with Gasteiger partial charge in [0.2, 0.25) is 5.88 Å². The molecule has 0 spiro atoms. The van der Waals surface area contributed by atoms with E-state index in [0.29, 0.717) is 48.8 Å². The zero-order chi connectivity index (χ0) is 21.3. The fraction of sp³-hybridized carbons (Fsp3) is 0.500. The number of ether oxygens (including phenoxy) is 2. The largest absolute Gasteiger partial charge is 0.481 e. The lowest BCUT2D eigenvalue weighted by Gasteiger charge is -2.37. The van der Waals surface area contributed by atoms with E-state index < -0.39 is 5.60 Å². The number of anilines is 1. The van der Waals surface area contributed by atoms with Crippen LogP contribution >= 0.6 is 0 Å². The van der Waals surface area contributed by atoms with Crippen molar-refractivity contribution in [2.45, 2.75) is 26.4 Å². The Morgan fingerprint density at radius 3 is 2.41 bits per heavy atom. The third kappa shape index (κ3) is 3.97. The van der Waals surface area contributed by atoms with Gasteiger partial charge < -0.3 is 23.8 Å². The van der Waals surface area contributed by atoms with Gasteiger partial charge in [0.1, 0.15) is 22.8 Å². The number of fused-ring (bicyclic) bond motifs is 1. The highest BCUT2D eigenvalue weighted by molar-refractivity contribution is 5.92. The minimum Gasteiger partial charge on any atom is -0.481 e. The predicted molar refractivity (Wildman–Crippen MR) is 108 cm³/mol. The maximum atomic E-state index is 12.7. The smallest absolute Gasteiger partial charge is 0.410 e. The minimum atomic E-state index is -0.565. The molecule has 1 fully saturated rings. The van der Waals surface area contributed by atoms with Crippen LogP contribution < -0.4 is 15.2 Å². The van der Waals surface area contributed by atoms with Crippen LogP contribution in [0.2, 0.25) is 0 Å². The quantitative estimate of drug-likeness (QED) is 0.760. The van der Waals surface area contributed by atoms with E-state index in [9.17, 15) is 14.9 Å². The standard InChI is InChI=1S/C20H25N5O4/c1-20(2,3)29-19(27)25-10-8-24(9-11-25)17-13(12-21)18(26)23(4)14-6-7-15(28-5)22-16(14)17/h6-7H,8-11H2,1-5H3. The van der Waals surface area contributed by atoms with E-state index >= 15 is 0 Å². The molecule has 29 heavy (non-hydrogen) atoms. The summed E-state index contributed by atoms with van der Waals surface area (Å²) in [7, 11) is 3.13. The van der Waals surface area contributed by atoms with Gasteiger partial charge in [0.25, 0.3) is 5.56 Å². The second-order valence-corrected chi connectivity index (χ2v) is 7.88. The van der Waals surface area contributed by atoms with Gasteiger partial charge in [-0.25, -0.2) is 9.78 Å². The number of aromatic nitrogens is 2. The van der Waals surface area contributed by atoms with Gasteiger partial charge in [0, 0.05) is 39.3 Å². The van der Waals surface area contributed by atoms with Crippen molar-refractivity contribution in [1.82, 2.24) is 14.5 Å². The van der Waals surface area contributed by atoms with Crippen molar-refractivity contribution in [2.75, 3.05) is 38.2 Å². The first-order chi connectivity index (χ1) is 13.7. The van der Waals surface area contributed by atoms with Gasteiger partial charge in [0.05, 0.1) is 18.3 Å². The Bertz CT molecular complexity index is 1040. The van der Waals surface area contributed by atoms with Crippen molar-refractivity contribution >= 4 is 22.8 Å². The van der Waals surface area contributed by atoms with Gasteiger partial charge in [0.15, 0.2) is 0 Å². The molecule has 1 saturated heterocycles. The molecule has 3 rings (SSSR count). The van der Waals surface area contributed by atoms with E-state index in [1.54, 1.807) is 24.1 Å². The minimum absolute atomic E-state index is 0.0338. The summed E-state index contributed by atoms with van der Waals surface area (Å²) in [5.74, 6) is 0.397. The third-order valence-electron chi connectivity index (χ3n) is 4.76. The normalized spacial score (nSPS) is 14.6. The average molecular weight is 399 g/mol. The number of hydrogen-bond acceptors (Lipinski definition) is 7. The van der Waals surface area contributed by atoms with Gasteiger partial charge in [-0.2, -0.15) is 5.26 Å². The SMILES string of the molecule is COc1ccc2c(n1)c(N1CCN(C(=O)OC(C)(C)C)CC1)c(C#N)c(=O)n2C. The van der Waals surface area contributed by atoms with Gasteiger partial charge in [-0.3, -0.25) is 4.79 Å². The van der Waals surface area contributed by atoms with Crippen LogP contribution in [-0.2, 0) is 11.8 Å². The number of carbonyl (C=O) groups is 1. The fourth-order valence-corrected chi connectivity index (χ4v) is 3.34. The summed E-state index contributed by atoms with van der Waals surface area (Å²) in [6.45, 7) is 7.22. The molecule has 0 aliphatic carbocycles. The molecule has 154 valence electrons. The molecular weight excluding hydrogens is 374 g/mol. The van der Waals surface area contributed by atoms with Crippen LogP contribution in [0, 0.1) is 11.3 Å². The van der Waals surface area contributed by atoms with E-state index in [2.05, 4.69) is 4.98 Å². The molecule has 0 aromatic carbocycles. The molecule has 0 bridgehead atoms. The van der Waals surface area contributed by atoms with Crippen LogP contribution in [0.5, 0.6) is 5.88 Å². The Morgan fingerprint density at radius 1 is 1.21 bits per heavy atom. The van der Waals surface area contributed by atoms with Gasteiger partial charge in [-0.05, 0) is 26.8 Å². The van der Waals surface area contributed by atoms with Crippen molar-refractivity contribution < 1.29 is 14.3 Å². The number of nitriles is 1. The molecule has 0 N–H and O–H groups in total. The summed E-state index contributed by atoms with van der Waals surface area (Å²) in [4.78, 5) is 33.1. The van der Waals surface area contributed by atoms with E-state index in [1.165, 1.54) is 11.7 Å².